The van der Waals surface area contributed by atoms with Crippen molar-refractivity contribution >= 4 is 5.82 Å². The van der Waals surface area contributed by atoms with E-state index in [4.69, 9.17) is 0 Å². The van der Waals surface area contributed by atoms with Gasteiger partial charge in [-0.25, -0.2) is 9.48 Å². The summed E-state index contributed by atoms with van der Waals surface area (Å²) >= 11 is 0. The van der Waals surface area contributed by atoms with Gasteiger partial charge in [-0.05, 0) is 37.7 Å². The molecule has 0 amide bonds. The van der Waals surface area contributed by atoms with Gasteiger partial charge in [-0.1, -0.05) is 0 Å². The second-order valence-corrected chi connectivity index (χ2v) is 7.34. The maximum Gasteiger partial charge on any atom is 0.329 e. The standard InChI is InChI=1S/C18H23N5O3/c1-21-17(25)10-15(19-18(21)26)22-8-6-12(7-9-22)11-23-16(24)5-4-14(20-23)13-2-3-13/h4-5,10,12-13H,2-3,6-9,11H2,1H3,(H,19,26). The largest absolute Gasteiger partial charge is 0.358 e. The summed E-state index contributed by atoms with van der Waals surface area (Å²) in [6.07, 6.45) is 4.11. The minimum atomic E-state index is -0.401. The molecule has 26 heavy (non-hydrogen) atoms. The van der Waals surface area contributed by atoms with Crippen LogP contribution in [0.15, 0.2) is 32.6 Å². The Labute approximate surface area is 150 Å². The summed E-state index contributed by atoms with van der Waals surface area (Å²) < 4.78 is 2.66. The Morgan fingerprint density at radius 3 is 2.46 bits per heavy atom. The highest BCUT2D eigenvalue weighted by molar-refractivity contribution is 5.37. The Bertz CT molecular complexity index is 946. The summed E-state index contributed by atoms with van der Waals surface area (Å²) in [7, 11) is 1.46. The van der Waals surface area contributed by atoms with E-state index >= 15 is 0 Å². The van der Waals surface area contributed by atoms with Gasteiger partial charge in [0.1, 0.15) is 5.82 Å². The van der Waals surface area contributed by atoms with Crippen molar-refractivity contribution < 1.29 is 0 Å². The Morgan fingerprint density at radius 2 is 1.81 bits per heavy atom. The van der Waals surface area contributed by atoms with Crippen molar-refractivity contribution in [2.24, 2.45) is 13.0 Å². The number of hydrogen-bond donors (Lipinski definition) is 1. The Balaban J connectivity index is 1.43. The van der Waals surface area contributed by atoms with Crippen LogP contribution in [0.1, 0.15) is 37.3 Å². The van der Waals surface area contributed by atoms with Crippen LogP contribution < -0.4 is 21.7 Å². The molecule has 1 saturated heterocycles. The van der Waals surface area contributed by atoms with Gasteiger partial charge in [0.15, 0.2) is 0 Å². The zero-order valence-electron chi connectivity index (χ0n) is 14.9. The molecule has 8 nitrogen and oxygen atoms in total. The van der Waals surface area contributed by atoms with Gasteiger partial charge in [-0.3, -0.25) is 19.1 Å². The molecule has 2 aromatic rings. The number of aromatic nitrogens is 4. The fourth-order valence-corrected chi connectivity index (χ4v) is 3.51. The zero-order valence-corrected chi connectivity index (χ0v) is 14.9. The number of nitrogens with zero attached hydrogens (tertiary/aromatic N) is 4. The van der Waals surface area contributed by atoms with Crippen LogP contribution in [0.3, 0.4) is 0 Å². The normalized spacial score (nSPS) is 18.3. The number of hydrogen-bond acceptors (Lipinski definition) is 5. The average Bonchev–Trinajstić information content (AvgIpc) is 3.47. The van der Waals surface area contributed by atoms with Crippen LogP contribution in [0.4, 0.5) is 5.82 Å². The highest BCUT2D eigenvalue weighted by Gasteiger charge is 2.26. The average molecular weight is 357 g/mol. The summed E-state index contributed by atoms with van der Waals surface area (Å²) in [5, 5.41) is 4.54. The van der Waals surface area contributed by atoms with Crippen molar-refractivity contribution in [1.82, 2.24) is 19.3 Å². The predicted molar refractivity (Wildman–Crippen MR) is 97.7 cm³/mol. The molecule has 2 aliphatic rings. The Morgan fingerprint density at radius 1 is 1.08 bits per heavy atom. The molecule has 4 rings (SSSR count). The first-order valence-electron chi connectivity index (χ1n) is 9.14. The molecule has 0 atom stereocenters. The molecular weight excluding hydrogens is 334 g/mol. The van der Waals surface area contributed by atoms with Crippen LogP contribution in [0.25, 0.3) is 0 Å². The molecule has 8 heteroatoms. The predicted octanol–water partition coefficient (Wildman–Crippen LogP) is 0.424. The second kappa shape index (κ2) is 6.59. The van der Waals surface area contributed by atoms with Gasteiger partial charge >= 0.3 is 5.69 Å². The third-order valence-corrected chi connectivity index (χ3v) is 5.40. The fourth-order valence-electron chi connectivity index (χ4n) is 3.51. The Hall–Kier alpha value is -2.64. The van der Waals surface area contributed by atoms with E-state index in [9.17, 15) is 14.4 Å². The number of aromatic amines is 1. The van der Waals surface area contributed by atoms with Crippen LogP contribution in [-0.2, 0) is 13.6 Å². The van der Waals surface area contributed by atoms with E-state index in [2.05, 4.69) is 10.1 Å². The minimum Gasteiger partial charge on any atom is -0.358 e. The van der Waals surface area contributed by atoms with E-state index in [1.165, 1.54) is 26.0 Å². The monoisotopic (exact) mass is 357 g/mol. The SMILES string of the molecule is Cn1c(=O)cc(N2CCC(Cn3nc(C4CC4)ccc3=O)CC2)[nH]c1=O. The number of piperidine rings is 1. The van der Waals surface area contributed by atoms with Crippen molar-refractivity contribution in [3.8, 4) is 0 Å². The maximum atomic E-state index is 12.1. The lowest BCUT2D eigenvalue weighted by molar-refractivity contribution is 0.332. The van der Waals surface area contributed by atoms with Crippen LogP contribution in [-0.4, -0.2) is 32.4 Å². The Kier molecular flexibility index (Phi) is 4.26. The van der Waals surface area contributed by atoms with E-state index in [1.807, 2.05) is 11.0 Å². The van der Waals surface area contributed by atoms with Crippen molar-refractivity contribution in [3.63, 3.8) is 0 Å². The van der Waals surface area contributed by atoms with Crippen LogP contribution in [0, 0.1) is 5.92 Å². The molecule has 1 aliphatic heterocycles. The molecule has 1 saturated carbocycles. The summed E-state index contributed by atoms with van der Waals surface area (Å²) in [6.45, 7) is 2.11. The van der Waals surface area contributed by atoms with Gasteiger partial charge in [-0.15, -0.1) is 0 Å². The third kappa shape index (κ3) is 3.36. The minimum absolute atomic E-state index is 0.0484. The lowest BCUT2D eigenvalue weighted by Gasteiger charge is -2.33. The molecule has 138 valence electrons. The molecule has 2 fully saturated rings. The lowest BCUT2D eigenvalue weighted by Crippen LogP contribution is -2.40. The van der Waals surface area contributed by atoms with E-state index in [0.717, 1.165) is 36.2 Å². The van der Waals surface area contributed by atoms with Gasteiger partial charge in [0.2, 0.25) is 0 Å². The first-order valence-corrected chi connectivity index (χ1v) is 9.14. The molecule has 1 N–H and O–H groups in total. The molecule has 0 radical (unpaired) electrons. The first kappa shape index (κ1) is 16.8. The topological polar surface area (TPSA) is 93.0 Å². The second-order valence-electron chi connectivity index (χ2n) is 7.34. The van der Waals surface area contributed by atoms with E-state index in [0.29, 0.717) is 24.2 Å². The number of anilines is 1. The van der Waals surface area contributed by atoms with Gasteiger partial charge in [0.05, 0.1) is 5.69 Å². The van der Waals surface area contributed by atoms with Crippen LogP contribution in [0.2, 0.25) is 0 Å². The van der Waals surface area contributed by atoms with Crippen molar-refractivity contribution in [3.05, 3.63) is 55.1 Å². The highest BCUT2D eigenvalue weighted by atomic mass is 16.2. The van der Waals surface area contributed by atoms with Gasteiger partial charge in [0, 0.05) is 44.7 Å². The molecule has 0 bridgehead atoms. The molecule has 0 spiro atoms. The molecule has 2 aromatic heterocycles. The van der Waals surface area contributed by atoms with Crippen LogP contribution >= 0.6 is 0 Å². The van der Waals surface area contributed by atoms with Gasteiger partial charge < -0.3 is 4.90 Å². The summed E-state index contributed by atoms with van der Waals surface area (Å²) in [5.74, 6) is 1.47. The van der Waals surface area contributed by atoms with Gasteiger partial charge in [-0.2, -0.15) is 5.10 Å². The van der Waals surface area contributed by atoms with Crippen molar-refractivity contribution in [2.45, 2.75) is 38.1 Å². The van der Waals surface area contributed by atoms with Crippen LogP contribution in [0.5, 0.6) is 0 Å². The number of H-pyrrole nitrogens is 1. The molecule has 3 heterocycles. The molecule has 1 aliphatic carbocycles. The highest BCUT2D eigenvalue weighted by Crippen LogP contribution is 2.38. The number of nitrogens with one attached hydrogen (secondary N) is 1. The maximum absolute atomic E-state index is 12.1. The fraction of sp³-hybridized carbons (Fsp3) is 0.556. The summed E-state index contributed by atoms with van der Waals surface area (Å²) in [5.41, 5.74) is 0.272. The molecule has 0 aromatic carbocycles. The quantitative estimate of drug-likeness (QED) is 0.856. The first-order chi connectivity index (χ1) is 12.5. The van der Waals surface area contributed by atoms with E-state index in [1.54, 1.807) is 10.7 Å². The zero-order chi connectivity index (χ0) is 18.3. The smallest absolute Gasteiger partial charge is 0.329 e. The molecule has 0 unspecified atom stereocenters. The lowest BCUT2D eigenvalue weighted by atomic mass is 9.97. The summed E-state index contributed by atoms with van der Waals surface area (Å²) in [4.78, 5) is 40.5. The number of rotatable bonds is 4. The van der Waals surface area contributed by atoms with Gasteiger partial charge in [0.25, 0.3) is 11.1 Å². The van der Waals surface area contributed by atoms with Crippen molar-refractivity contribution in [1.29, 1.82) is 0 Å². The van der Waals surface area contributed by atoms with E-state index in [-0.39, 0.29) is 11.1 Å². The van der Waals surface area contributed by atoms with E-state index < -0.39 is 5.69 Å². The van der Waals surface area contributed by atoms with Crippen molar-refractivity contribution in [2.75, 3.05) is 18.0 Å². The summed E-state index contributed by atoms with van der Waals surface area (Å²) in [6, 6.07) is 4.94. The third-order valence-electron chi connectivity index (χ3n) is 5.40. The molecular formula is C18H23N5O3.